The molecule has 1 atom stereocenters. The molecule has 1 aliphatic heterocycles. The van der Waals surface area contributed by atoms with E-state index in [0.29, 0.717) is 16.2 Å². The van der Waals surface area contributed by atoms with Crippen molar-refractivity contribution in [2.75, 3.05) is 0 Å². The summed E-state index contributed by atoms with van der Waals surface area (Å²) < 4.78 is 11.4. The van der Waals surface area contributed by atoms with Crippen molar-refractivity contribution in [3.8, 4) is 17.1 Å². The zero-order valence-electron chi connectivity index (χ0n) is 17.8. The van der Waals surface area contributed by atoms with E-state index >= 15 is 0 Å². The molecule has 0 spiro atoms. The first-order valence-electron chi connectivity index (χ1n) is 10.4. The Morgan fingerprint density at radius 2 is 1.47 bits per heavy atom. The largest absolute Gasteiger partial charge is 0.452 e. The summed E-state index contributed by atoms with van der Waals surface area (Å²) in [6.45, 7) is 1.37. The maximum Gasteiger partial charge on any atom is 0.334 e. The van der Waals surface area contributed by atoms with E-state index in [2.05, 4.69) is 0 Å². The van der Waals surface area contributed by atoms with Crippen molar-refractivity contribution in [1.82, 2.24) is 4.90 Å². The highest BCUT2D eigenvalue weighted by Gasteiger charge is 2.41. The third-order valence-electron chi connectivity index (χ3n) is 5.62. The molecule has 0 fully saturated rings. The standard InChI is InChI=1S/C26H16ClNO6/c1-14(28-24(30)17-6-2-3-7-18(17)25(28)31)26(32)34-23-21(29)19-8-4-5-9-20(19)33-22(23)15-10-12-16(27)13-11-15/h2-14H,1H3/t14-/m1/s1. The Bertz CT molecular complexity index is 1500. The number of hydrogen-bond acceptors (Lipinski definition) is 6. The van der Waals surface area contributed by atoms with Gasteiger partial charge in [-0.15, -0.1) is 0 Å². The van der Waals surface area contributed by atoms with Crippen LogP contribution >= 0.6 is 11.6 Å². The molecule has 0 radical (unpaired) electrons. The molecule has 0 bridgehead atoms. The Morgan fingerprint density at radius 1 is 0.882 bits per heavy atom. The molecule has 0 N–H and O–H groups in total. The number of nitrogens with zero attached hydrogens (tertiary/aromatic N) is 1. The zero-order valence-corrected chi connectivity index (χ0v) is 18.5. The van der Waals surface area contributed by atoms with Gasteiger partial charge in [0.2, 0.25) is 11.2 Å². The molecule has 1 aromatic heterocycles. The lowest BCUT2D eigenvalue weighted by Crippen LogP contribution is -2.45. The fourth-order valence-electron chi connectivity index (χ4n) is 3.86. The molecule has 2 heterocycles. The van der Waals surface area contributed by atoms with Crippen LogP contribution in [0.1, 0.15) is 27.6 Å². The smallest absolute Gasteiger partial charge is 0.334 e. The van der Waals surface area contributed by atoms with Crippen LogP contribution in [0.15, 0.2) is 82.0 Å². The highest BCUT2D eigenvalue weighted by molar-refractivity contribution is 6.30. The van der Waals surface area contributed by atoms with Crippen LogP contribution in [0.25, 0.3) is 22.3 Å². The van der Waals surface area contributed by atoms with Crippen LogP contribution in [0.4, 0.5) is 0 Å². The van der Waals surface area contributed by atoms with E-state index in [-0.39, 0.29) is 28.0 Å². The first-order chi connectivity index (χ1) is 16.4. The number of para-hydroxylation sites is 1. The molecule has 168 valence electrons. The molecule has 0 saturated heterocycles. The van der Waals surface area contributed by atoms with Gasteiger partial charge in [0, 0.05) is 10.6 Å². The minimum absolute atomic E-state index is 0.0308. The number of carbonyl (C=O) groups excluding carboxylic acids is 3. The Morgan fingerprint density at radius 3 is 2.12 bits per heavy atom. The fourth-order valence-corrected chi connectivity index (χ4v) is 3.99. The van der Waals surface area contributed by atoms with Crippen LogP contribution < -0.4 is 10.2 Å². The predicted molar refractivity (Wildman–Crippen MR) is 125 cm³/mol. The van der Waals surface area contributed by atoms with Gasteiger partial charge in [-0.05, 0) is 55.5 Å². The summed E-state index contributed by atoms with van der Waals surface area (Å²) in [6.07, 6.45) is 0. The monoisotopic (exact) mass is 473 g/mol. The maximum absolute atomic E-state index is 13.3. The lowest BCUT2D eigenvalue weighted by Gasteiger charge is -2.21. The summed E-state index contributed by atoms with van der Waals surface area (Å²) in [7, 11) is 0. The van der Waals surface area contributed by atoms with Crippen LogP contribution in [0.3, 0.4) is 0 Å². The number of rotatable bonds is 4. The molecule has 5 rings (SSSR count). The quantitative estimate of drug-likeness (QED) is 0.315. The van der Waals surface area contributed by atoms with Gasteiger partial charge in [0.1, 0.15) is 11.6 Å². The second-order valence-corrected chi connectivity index (χ2v) is 8.15. The Balaban J connectivity index is 1.55. The van der Waals surface area contributed by atoms with Gasteiger partial charge in [-0.2, -0.15) is 0 Å². The minimum Gasteiger partial charge on any atom is -0.452 e. The molecule has 34 heavy (non-hydrogen) atoms. The van der Waals surface area contributed by atoms with Gasteiger partial charge in [0.05, 0.1) is 16.5 Å². The fraction of sp³-hybridized carbons (Fsp3) is 0.0769. The molecule has 7 nitrogen and oxygen atoms in total. The van der Waals surface area contributed by atoms with Gasteiger partial charge in [-0.1, -0.05) is 35.9 Å². The van der Waals surface area contributed by atoms with E-state index in [0.717, 1.165) is 4.90 Å². The normalized spacial score (nSPS) is 13.8. The highest BCUT2D eigenvalue weighted by atomic mass is 35.5. The van der Waals surface area contributed by atoms with E-state index in [4.69, 9.17) is 20.8 Å². The van der Waals surface area contributed by atoms with E-state index in [1.54, 1.807) is 60.7 Å². The number of amides is 2. The molecule has 4 aromatic rings. The van der Waals surface area contributed by atoms with Gasteiger partial charge < -0.3 is 9.15 Å². The van der Waals surface area contributed by atoms with Gasteiger partial charge in [0.15, 0.2) is 5.76 Å². The third-order valence-corrected chi connectivity index (χ3v) is 5.87. The van der Waals surface area contributed by atoms with Crippen LogP contribution in [-0.2, 0) is 4.79 Å². The lowest BCUT2D eigenvalue weighted by molar-refractivity contribution is -0.138. The van der Waals surface area contributed by atoms with E-state index in [9.17, 15) is 19.2 Å². The number of esters is 1. The second-order valence-electron chi connectivity index (χ2n) is 7.72. The number of hydrogen-bond donors (Lipinski definition) is 0. The van der Waals surface area contributed by atoms with Crippen molar-refractivity contribution in [2.24, 2.45) is 0 Å². The summed E-state index contributed by atoms with van der Waals surface area (Å²) in [5.74, 6) is -2.47. The molecular weight excluding hydrogens is 458 g/mol. The molecule has 8 heteroatoms. The lowest BCUT2D eigenvalue weighted by atomic mass is 10.1. The van der Waals surface area contributed by atoms with E-state index < -0.39 is 29.3 Å². The summed E-state index contributed by atoms with van der Waals surface area (Å²) >= 11 is 5.98. The van der Waals surface area contributed by atoms with Gasteiger partial charge in [-0.25, -0.2) is 4.79 Å². The molecule has 3 aromatic carbocycles. The van der Waals surface area contributed by atoms with Crippen molar-refractivity contribution in [2.45, 2.75) is 13.0 Å². The first-order valence-corrected chi connectivity index (χ1v) is 10.7. The molecule has 0 unspecified atom stereocenters. The van der Waals surface area contributed by atoms with Crippen LogP contribution in [0.5, 0.6) is 5.75 Å². The van der Waals surface area contributed by atoms with Crippen molar-refractivity contribution in [1.29, 1.82) is 0 Å². The zero-order chi connectivity index (χ0) is 24.0. The summed E-state index contributed by atoms with van der Waals surface area (Å²) in [6, 6.07) is 18.1. The maximum atomic E-state index is 13.3. The Hall–Kier alpha value is -4.23. The number of imide groups is 1. The summed E-state index contributed by atoms with van der Waals surface area (Å²) in [4.78, 5) is 52.7. The van der Waals surface area contributed by atoms with Crippen LogP contribution in [0.2, 0.25) is 5.02 Å². The Kier molecular flexibility index (Phi) is 5.26. The van der Waals surface area contributed by atoms with Crippen molar-refractivity contribution in [3.05, 3.63) is 99.2 Å². The molecule has 0 aliphatic carbocycles. The Labute approximate surface area is 198 Å². The van der Waals surface area contributed by atoms with E-state index in [1.807, 2.05) is 0 Å². The van der Waals surface area contributed by atoms with Crippen molar-refractivity contribution < 1.29 is 23.5 Å². The van der Waals surface area contributed by atoms with Crippen molar-refractivity contribution >= 4 is 40.4 Å². The van der Waals surface area contributed by atoms with Crippen molar-refractivity contribution in [3.63, 3.8) is 0 Å². The summed E-state index contributed by atoms with van der Waals surface area (Å²) in [5, 5.41) is 0.695. The molecule has 2 amide bonds. The first kappa shape index (κ1) is 21.6. The minimum atomic E-state index is -1.28. The average molecular weight is 474 g/mol. The van der Waals surface area contributed by atoms with Crippen LogP contribution in [0, 0.1) is 0 Å². The van der Waals surface area contributed by atoms with Crippen LogP contribution in [-0.4, -0.2) is 28.7 Å². The molecule has 1 aliphatic rings. The number of ether oxygens (including phenoxy) is 1. The van der Waals surface area contributed by atoms with Gasteiger partial charge in [0.25, 0.3) is 11.8 Å². The predicted octanol–water partition coefficient (Wildman–Crippen LogP) is 4.70. The number of carbonyl (C=O) groups is 3. The second kappa shape index (κ2) is 8.28. The van der Waals surface area contributed by atoms with Gasteiger partial charge in [-0.3, -0.25) is 19.3 Å². The average Bonchev–Trinajstić information content (AvgIpc) is 3.11. The molecular formula is C26H16ClNO6. The highest BCUT2D eigenvalue weighted by Crippen LogP contribution is 2.32. The van der Waals surface area contributed by atoms with Gasteiger partial charge >= 0.3 is 5.97 Å². The molecule has 0 saturated carbocycles. The summed E-state index contributed by atoms with van der Waals surface area (Å²) in [5.41, 5.74) is 0.627. The number of halogens is 1. The number of fused-ring (bicyclic) bond motifs is 2. The SMILES string of the molecule is C[C@H](C(=O)Oc1c(-c2ccc(Cl)cc2)oc2ccccc2c1=O)N1C(=O)c2ccccc2C1=O. The third kappa shape index (κ3) is 3.47. The number of benzene rings is 3. The van der Waals surface area contributed by atoms with E-state index in [1.165, 1.54) is 19.1 Å². The topological polar surface area (TPSA) is 93.9 Å².